The molecule has 38 heavy (non-hydrogen) atoms. The highest BCUT2D eigenvalue weighted by Gasteiger charge is 2.38. The summed E-state index contributed by atoms with van der Waals surface area (Å²) in [5.74, 6) is -4.51. The number of amides is 1. The second-order valence-corrected chi connectivity index (χ2v) is 8.37. The molecule has 1 fully saturated rings. The summed E-state index contributed by atoms with van der Waals surface area (Å²) in [5.41, 5.74) is 7.18. The minimum atomic E-state index is -5.08. The zero-order chi connectivity index (χ0) is 28.7. The number of aromatic nitrogens is 2. The van der Waals surface area contributed by atoms with Crippen molar-refractivity contribution in [2.24, 2.45) is 0 Å². The van der Waals surface area contributed by atoms with E-state index in [9.17, 15) is 31.1 Å². The van der Waals surface area contributed by atoms with E-state index >= 15 is 0 Å². The number of carbonyl (C=O) groups is 3. The summed E-state index contributed by atoms with van der Waals surface area (Å²) in [4.78, 5) is 43.2. The first-order chi connectivity index (χ1) is 17.6. The van der Waals surface area contributed by atoms with E-state index in [0.29, 0.717) is 23.8 Å². The molecule has 0 unspecified atom stereocenters. The van der Waals surface area contributed by atoms with Crippen molar-refractivity contribution in [3.05, 3.63) is 48.2 Å². The van der Waals surface area contributed by atoms with Gasteiger partial charge in [-0.2, -0.15) is 26.3 Å². The molecule has 2 aromatic heterocycles. The normalized spacial score (nSPS) is 13.6. The van der Waals surface area contributed by atoms with E-state index in [1.54, 1.807) is 6.20 Å². The lowest BCUT2D eigenvalue weighted by atomic mass is 10.1. The van der Waals surface area contributed by atoms with Crippen LogP contribution in [-0.2, 0) is 9.59 Å². The molecule has 1 saturated heterocycles. The Balaban J connectivity index is 0.000000301. The van der Waals surface area contributed by atoms with Gasteiger partial charge in [-0.25, -0.2) is 19.6 Å². The van der Waals surface area contributed by atoms with Gasteiger partial charge >= 0.3 is 24.3 Å². The van der Waals surface area contributed by atoms with Gasteiger partial charge in [-0.3, -0.25) is 4.79 Å². The Morgan fingerprint density at radius 2 is 1.45 bits per heavy atom. The number of nitrogens with two attached hydrogens (primary N) is 1. The predicted octanol–water partition coefficient (Wildman–Crippen LogP) is 3.50. The van der Waals surface area contributed by atoms with Gasteiger partial charge in [0.1, 0.15) is 5.82 Å². The first-order valence-corrected chi connectivity index (χ1v) is 11.1. The molecule has 0 saturated carbocycles. The van der Waals surface area contributed by atoms with Gasteiger partial charge in [0.2, 0.25) is 0 Å². The van der Waals surface area contributed by atoms with Crippen LogP contribution in [0, 0.1) is 0 Å². The summed E-state index contributed by atoms with van der Waals surface area (Å²) < 4.78 is 64.5. The lowest BCUT2D eigenvalue weighted by Gasteiger charge is -2.35. The van der Waals surface area contributed by atoms with Crippen LogP contribution in [0.5, 0.6) is 0 Å². The van der Waals surface area contributed by atoms with Gasteiger partial charge in [0.15, 0.2) is 5.13 Å². The zero-order valence-corrected chi connectivity index (χ0v) is 19.8. The van der Waals surface area contributed by atoms with Gasteiger partial charge in [0.05, 0.1) is 10.2 Å². The molecule has 17 heteroatoms. The Labute approximate surface area is 213 Å². The number of carboxylic acids is 2. The molecule has 0 bridgehead atoms. The van der Waals surface area contributed by atoms with E-state index in [2.05, 4.69) is 14.9 Å². The van der Waals surface area contributed by atoms with Crippen LogP contribution in [0.4, 0.5) is 37.3 Å². The summed E-state index contributed by atoms with van der Waals surface area (Å²) in [6.07, 6.45) is -8.37. The molecule has 3 aromatic rings. The van der Waals surface area contributed by atoms with Crippen LogP contribution in [0.3, 0.4) is 0 Å². The third kappa shape index (κ3) is 8.75. The van der Waals surface area contributed by atoms with Crippen LogP contribution in [-0.4, -0.2) is 81.5 Å². The summed E-state index contributed by atoms with van der Waals surface area (Å²) in [7, 11) is 0. The molecule has 1 aromatic carbocycles. The molecular formula is C21H19F6N5O5S. The van der Waals surface area contributed by atoms with Crippen molar-refractivity contribution in [1.82, 2.24) is 14.9 Å². The number of aliphatic carboxylic acids is 2. The van der Waals surface area contributed by atoms with E-state index in [4.69, 9.17) is 25.5 Å². The smallest absolute Gasteiger partial charge is 0.475 e. The first-order valence-electron chi connectivity index (χ1n) is 10.3. The second kappa shape index (κ2) is 12.4. The Morgan fingerprint density at radius 1 is 0.895 bits per heavy atom. The van der Waals surface area contributed by atoms with Gasteiger partial charge in [0, 0.05) is 37.9 Å². The van der Waals surface area contributed by atoms with Crippen molar-refractivity contribution in [3.8, 4) is 0 Å². The SMILES string of the molecule is Nc1nc2cc(C(=O)N3CCN(c4ccccn4)CC3)ccc2s1.O=C(O)C(F)(F)F.O=C(O)C(F)(F)F. The van der Waals surface area contributed by atoms with Crippen LogP contribution in [0.25, 0.3) is 10.2 Å². The summed E-state index contributed by atoms with van der Waals surface area (Å²) in [6.45, 7) is 2.95. The minimum Gasteiger partial charge on any atom is -0.475 e. The van der Waals surface area contributed by atoms with Gasteiger partial charge < -0.3 is 25.7 Å². The average molecular weight is 567 g/mol. The standard InChI is InChI=1S/C17H17N5OS.2C2HF3O2/c18-17-20-13-11-12(4-5-14(13)24-17)16(23)22-9-7-21(8-10-22)15-3-1-2-6-19-15;2*3-2(4,5)1(6)7/h1-6,11H,7-10H2,(H2,18,20);2*(H,6,7). The molecule has 0 aliphatic carbocycles. The highest BCUT2D eigenvalue weighted by atomic mass is 32.1. The van der Waals surface area contributed by atoms with Crippen LogP contribution in [0.2, 0.25) is 0 Å². The molecule has 1 aliphatic heterocycles. The largest absolute Gasteiger partial charge is 0.490 e. The van der Waals surface area contributed by atoms with E-state index in [1.165, 1.54) is 11.3 Å². The fourth-order valence-corrected chi connectivity index (χ4v) is 3.65. The van der Waals surface area contributed by atoms with Crippen molar-refractivity contribution in [2.75, 3.05) is 36.8 Å². The second-order valence-electron chi connectivity index (χ2n) is 7.31. The quantitative estimate of drug-likeness (QED) is 0.396. The van der Waals surface area contributed by atoms with Crippen molar-refractivity contribution < 1.29 is 50.9 Å². The molecule has 0 spiro atoms. The number of carboxylic acid groups (broad SMARTS) is 2. The molecular weight excluding hydrogens is 548 g/mol. The predicted molar refractivity (Wildman–Crippen MR) is 124 cm³/mol. The number of fused-ring (bicyclic) bond motifs is 1. The number of hydrogen-bond acceptors (Lipinski definition) is 8. The Bertz CT molecular complexity index is 1240. The number of piperazine rings is 1. The molecule has 0 radical (unpaired) electrons. The summed E-state index contributed by atoms with van der Waals surface area (Å²) >= 11 is 1.43. The molecule has 10 nitrogen and oxygen atoms in total. The zero-order valence-electron chi connectivity index (χ0n) is 19.0. The molecule has 4 N–H and O–H groups in total. The number of halogens is 6. The topological polar surface area (TPSA) is 150 Å². The maximum Gasteiger partial charge on any atom is 0.490 e. The Morgan fingerprint density at radius 3 is 1.92 bits per heavy atom. The number of hydrogen-bond donors (Lipinski definition) is 3. The number of alkyl halides is 6. The lowest BCUT2D eigenvalue weighted by molar-refractivity contribution is -0.193. The number of rotatable bonds is 2. The monoisotopic (exact) mass is 567 g/mol. The van der Waals surface area contributed by atoms with Gasteiger partial charge in [-0.15, -0.1) is 0 Å². The third-order valence-corrected chi connectivity index (χ3v) is 5.54. The molecule has 1 aliphatic rings. The molecule has 1 amide bonds. The number of carbonyl (C=O) groups excluding carboxylic acids is 1. The molecule has 206 valence electrons. The molecule has 3 heterocycles. The first kappa shape index (κ1) is 30.1. The number of anilines is 2. The fraction of sp³-hybridized carbons (Fsp3) is 0.286. The maximum absolute atomic E-state index is 12.7. The lowest BCUT2D eigenvalue weighted by Crippen LogP contribution is -2.49. The van der Waals surface area contributed by atoms with E-state index in [-0.39, 0.29) is 5.91 Å². The van der Waals surface area contributed by atoms with Gasteiger partial charge in [-0.1, -0.05) is 17.4 Å². The molecule has 4 rings (SSSR count). The number of thiazole rings is 1. The third-order valence-electron chi connectivity index (χ3n) is 4.68. The van der Waals surface area contributed by atoms with E-state index < -0.39 is 24.3 Å². The van der Waals surface area contributed by atoms with Crippen LogP contribution < -0.4 is 10.6 Å². The maximum atomic E-state index is 12.7. The van der Waals surface area contributed by atoms with Crippen LogP contribution in [0.1, 0.15) is 10.4 Å². The van der Waals surface area contributed by atoms with Gasteiger partial charge in [0.25, 0.3) is 5.91 Å². The fourth-order valence-electron chi connectivity index (χ4n) is 2.94. The molecule has 0 atom stereocenters. The minimum absolute atomic E-state index is 0.0455. The number of nitrogen functional groups attached to an aromatic ring is 1. The van der Waals surface area contributed by atoms with E-state index in [1.807, 2.05) is 41.3 Å². The van der Waals surface area contributed by atoms with Gasteiger partial charge in [-0.05, 0) is 30.3 Å². The van der Waals surface area contributed by atoms with Crippen LogP contribution >= 0.6 is 11.3 Å². The van der Waals surface area contributed by atoms with Crippen molar-refractivity contribution >= 4 is 50.3 Å². The van der Waals surface area contributed by atoms with E-state index in [0.717, 1.165) is 29.1 Å². The van der Waals surface area contributed by atoms with Crippen molar-refractivity contribution in [1.29, 1.82) is 0 Å². The highest BCUT2D eigenvalue weighted by molar-refractivity contribution is 7.22. The average Bonchev–Trinajstić information content (AvgIpc) is 3.23. The van der Waals surface area contributed by atoms with Crippen molar-refractivity contribution in [2.45, 2.75) is 12.4 Å². The Kier molecular flexibility index (Phi) is 9.81. The number of benzene rings is 1. The summed E-state index contributed by atoms with van der Waals surface area (Å²) in [5, 5.41) is 14.8. The van der Waals surface area contributed by atoms with Crippen molar-refractivity contribution in [3.63, 3.8) is 0 Å². The summed E-state index contributed by atoms with van der Waals surface area (Å²) in [6, 6.07) is 11.5. The van der Waals surface area contributed by atoms with Crippen LogP contribution in [0.15, 0.2) is 42.6 Å². The number of pyridine rings is 1. The number of nitrogens with zero attached hydrogens (tertiary/aromatic N) is 4. The highest BCUT2D eigenvalue weighted by Crippen LogP contribution is 2.25. The Hall–Kier alpha value is -4.15.